The lowest BCUT2D eigenvalue weighted by molar-refractivity contribution is 0.543. The first kappa shape index (κ1) is 13.1. The fourth-order valence-electron chi connectivity index (χ4n) is 2.01. The van der Waals surface area contributed by atoms with Crippen LogP contribution in [0.3, 0.4) is 0 Å². The molecule has 0 radical (unpaired) electrons. The van der Waals surface area contributed by atoms with Gasteiger partial charge in [0.2, 0.25) is 0 Å². The number of fused-ring (bicyclic) bond motifs is 1. The molecule has 0 amide bonds. The van der Waals surface area contributed by atoms with Crippen LogP contribution in [0.5, 0.6) is 0 Å². The molecule has 102 valence electrons. The molecule has 0 atom stereocenters. The minimum atomic E-state index is -0.157. The number of benzene rings is 1. The third-order valence-electron chi connectivity index (χ3n) is 3.05. The van der Waals surface area contributed by atoms with E-state index >= 15 is 0 Å². The SMILES string of the molecule is CC(C)(C)c1nc(Cl)cc(-n2cnc3ccccc32)n1. The van der Waals surface area contributed by atoms with Crippen LogP contribution in [-0.4, -0.2) is 19.5 Å². The van der Waals surface area contributed by atoms with Crippen molar-refractivity contribution >= 4 is 22.6 Å². The molecular weight excluding hydrogens is 272 g/mol. The van der Waals surface area contributed by atoms with Crippen LogP contribution in [-0.2, 0) is 5.41 Å². The first-order chi connectivity index (χ1) is 9.45. The number of hydrogen-bond acceptors (Lipinski definition) is 3. The van der Waals surface area contributed by atoms with Crippen molar-refractivity contribution in [1.29, 1.82) is 0 Å². The normalized spacial score (nSPS) is 12.0. The highest BCUT2D eigenvalue weighted by Gasteiger charge is 2.19. The van der Waals surface area contributed by atoms with Gasteiger partial charge in [-0.25, -0.2) is 15.0 Å². The van der Waals surface area contributed by atoms with Crippen molar-refractivity contribution in [2.75, 3.05) is 0 Å². The van der Waals surface area contributed by atoms with Crippen molar-refractivity contribution in [3.8, 4) is 5.82 Å². The average molecular weight is 287 g/mol. The van der Waals surface area contributed by atoms with E-state index in [0.717, 1.165) is 22.7 Å². The molecule has 0 aliphatic heterocycles. The first-order valence-electron chi connectivity index (χ1n) is 6.43. The Morgan fingerprint density at radius 2 is 1.85 bits per heavy atom. The third kappa shape index (κ3) is 2.27. The van der Waals surface area contributed by atoms with E-state index in [4.69, 9.17) is 11.6 Å². The van der Waals surface area contributed by atoms with Crippen LogP contribution in [0, 0.1) is 0 Å². The fraction of sp³-hybridized carbons (Fsp3) is 0.267. The smallest absolute Gasteiger partial charge is 0.143 e. The fourth-order valence-corrected chi connectivity index (χ4v) is 2.18. The summed E-state index contributed by atoms with van der Waals surface area (Å²) in [5.74, 6) is 1.46. The van der Waals surface area contributed by atoms with Crippen LogP contribution in [0.25, 0.3) is 16.9 Å². The summed E-state index contributed by atoms with van der Waals surface area (Å²) in [4.78, 5) is 13.3. The molecule has 0 N–H and O–H groups in total. The molecule has 0 saturated heterocycles. The Balaban J connectivity index is 2.22. The molecular formula is C15H15ClN4. The topological polar surface area (TPSA) is 43.6 Å². The van der Waals surface area contributed by atoms with E-state index in [1.165, 1.54) is 0 Å². The van der Waals surface area contributed by atoms with E-state index in [9.17, 15) is 0 Å². The Bertz CT molecular complexity index is 771. The van der Waals surface area contributed by atoms with Crippen LogP contribution in [0.2, 0.25) is 5.15 Å². The molecule has 4 nitrogen and oxygen atoms in total. The standard InChI is InChI=1S/C15H15ClN4/c1-15(2,3)14-18-12(16)8-13(19-14)20-9-17-10-6-4-5-7-11(10)20/h4-9H,1-3H3. The number of rotatable bonds is 1. The van der Waals surface area contributed by atoms with E-state index in [2.05, 4.69) is 35.7 Å². The predicted octanol–water partition coefficient (Wildman–Crippen LogP) is 3.77. The van der Waals surface area contributed by atoms with Crippen molar-refractivity contribution in [1.82, 2.24) is 19.5 Å². The van der Waals surface area contributed by atoms with Gasteiger partial charge in [0, 0.05) is 11.5 Å². The second kappa shape index (κ2) is 4.56. The largest absolute Gasteiger partial charge is 0.283 e. The van der Waals surface area contributed by atoms with Gasteiger partial charge in [-0.3, -0.25) is 4.57 Å². The van der Waals surface area contributed by atoms with Gasteiger partial charge in [0.1, 0.15) is 23.1 Å². The van der Waals surface area contributed by atoms with Gasteiger partial charge < -0.3 is 0 Å². The summed E-state index contributed by atoms with van der Waals surface area (Å²) in [7, 11) is 0. The highest BCUT2D eigenvalue weighted by atomic mass is 35.5. The van der Waals surface area contributed by atoms with E-state index in [1.807, 2.05) is 28.8 Å². The molecule has 2 heterocycles. The molecule has 3 aromatic rings. The zero-order valence-electron chi connectivity index (χ0n) is 11.6. The summed E-state index contributed by atoms with van der Waals surface area (Å²) in [6, 6.07) is 9.68. The van der Waals surface area contributed by atoms with Crippen molar-refractivity contribution in [2.45, 2.75) is 26.2 Å². The van der Waals surface area contributed by atoms with Crippen molar-refractivity contribution in [3.05, 3.63) is 47.6 Å². The molecule has 0 fully saturated rings. The zero-order chi connectivity index (χ0) is 14.3. The maximum absolute atomic E-state index is 6.14. The predicted molar refractivity (Wildman–Crippen MR) is 80.4 cm³/mol. The molecule has 2 aromatic heterocycles. The van der Waals surface area contributed by atoms with Gasteiger partial charge in [0.05, 0.1) is 11.0 Å². The molecule has 0 spiro atoms. The second-order valence-corrected chi connectivity index (χ2v) is 6.11. The molecule has 3 rings (SSSR count). The summed E-state index contributed by atoms with van der Waals surface area (Å²) < 4.78 is 1.93. The molecule has 0 bridgehead atoms. The average Bonchev–Trinajstić information content (AvgIpc) is 2.80. The number of imidazole rings is 1. The lowest BCUT2D eigenvalue weighted by Crippen LogP contribution is -2.17. The number of halogens is 1. The number of para-hydroxylation sites is 2. The number of aromatic nitrogens is 4. The Kier molecular flexibility index (Phi) is 2.98. The molecule has 0 saturated carbocycles. The van der Waals surface area contributed by atoms with Crippen molar-refractivity contribution in [3.63, 3.8) is 0 Å². The van der Waals surface area contributed by atoms with Crippen LogP contribution >= 0.6 is 11.6 Å². The second-order valence-electron chi connectivity index (χ2n) is 5.73. The van der Waals surface area contributed by atoms with Gasteiger partial charge in [-0.05, 0) is 12.1 Å². The van der Waals surface area contributed by atoms with Crippen LogP contribution in [0.4, 0.5) is 0 Å². The maximum Gasteiger partial charge on any atom is 0.143 e. The molecule has 20 heavy (non-hydrogen) atoms. The Labute approximate surface area is 122 Å². The summed E-state index contributed by atoms with van der Waals surface area (Å²) in [6.45, 7) is 6.19. The van der Waals surface area contributed by atoms with Crippen LogP contribution < -0.4 is 0 Å². The lowest BCUT2D eigenvalue weighted by Gasteiger charge is -2.17. The highest BCUT2D eigenvalue weighted by Crippen LogP contribution is 2.23. The van der Waals surface area contributed by atoms with Gasteiger partial charge in [-0.15, -0.1) is 0 Å². The zero-order valence-corrected chi connectivity index (χ0v) is 12.4. The van der Waals surface area contributed by atoms with E-state index in [0.29, 0.717) is 5.15 Å². The summed E-state index contributed by atoms with van der Waals surface area (Å²) in [5, 5.41) is 0.442. The molecule has 5 heteroatoms. The number of hydrogen-bond donors (Lipinski definition) is 0. The van der Waals surface area contributed by atoms with Gasteiger partial charge in [0.15, 0.2) is 0 Å². The van der Waals surface area contributed by atoms with Crippen LogP contribution in [0.15, 0.2) is 36.7 Å². The Morgan fingerprint density at radius 3 is 2.60 bits per heavy atom. The van der Waals surface area contributed by atoms with Gasteiger partial charge in [0.25, 0.3) is 0 Å². The third-order valence-corrected chi connectivity index (χ3v) is 3.25. The summed E-state index contributed by atoms with van der Waals surface area (Å²) >= 11 is 6.14. The molecule has 1 aromatic carbocycles. The van der Waals surface area contributed by atoms with E-state index in [1.54, 1.807) is 12.4 Å². The minimum Gasteiger partial charge on any atom is -0.283 e. The number of nitrogens with zero attached hydrogens (tertiary/aromatic N) is 4. The highest BCUT2D eigenvalue weighted by molar-refractivity contribution is 6.29. The Morgan fingerprint density at radius 1 is 1.10 bits per heavy atom. The molecule has 0 aliphatic carbocycles. The molecule has 0 unspecified atom stereocenters. The van der Waals surface area contributed by atoms with Crippen molar-refractivity contribution in [2.24, 2.45) is 0 Å². The lowest BCUT2D eigenvalue weighted by atomic mass is 9.96. The molecule has 0 aliphatic rings. The Hall–Kier alpha value is -1.94. The van der Waals surface area contributed by atoms with E-state index < -0.39 is 0 Å². The quantitative estimate of drug-likeness (QED) is 0.640. The van der Waals surface area contributed by atoms with Crippen LogP contribution in [0.1, 0.15) is 26.6 Å². The van der Waals surface area contributed by atoms with Gasteiger partial charge in [-0.2, -0.15) is 0 Å². The van der Waals surface area contributed by atoms with Crippen molar-refractivity contribution < 1.29 is 0 Å². The van der Waals surface area contributed by atoms with Gasteiger partial charge in [-0.1, -0.05) is 44.5 Å². The summed E-state index contributed by atoms with van der Waals surface area (Å²) in [5.41, 5.74) is 1.78. The first-order valence-corrected chi connectivity index (χ1v) is 6.80. The van der Waals surface area contributed by atoms with E-state index in [-0.39, 0.29) is 5.41 Å². The minimum absolute atomic E-state index is 0.157. The monoisotopic (exact) mass is 286 g/mol. The summed E-state index contributed by atoms with van der Waals surface area (Å²) in [6.07, 6.45) is 1.76. The van der Waals surface area contributed by atoms with Gasteiger partial charge >= 0.3 is 0 Å². The maximum atomic E-state index is 6.14.